The van der Waals surface area contributed by atoms with E-state index >= 15 is 0 Å². The fourth-order valence-corrected chi connectivity index (χ4v) is 3.78. The summed E-state index contributed by atoms with van der Waals surface area (Å²) >= 11 is 0. The predicted molar refractivity (Wildman–Crippen MR) is 72.5 cm³/mol. The van der Waals surface area contributed by atoms with E-state index in [9.17, 15) is 9.59 Å². The van der Waals surface area contributed by atoms with Crippen LogP contribution >= 0.6 is 0 Å². The van der Waals surface area contributed by atoms with Gasteiger partial charge in [0, 0.05) is 12.1 Å². The summed E-state index contributed by atoms with van der Waals surface area (Å²) in [5.74, 6) is 0.316. The summed E-state index contributed by atoms with van der Waals surface area (Å²) in [6.45, 7) is 4.01. The maximum absolute atomic E-state index is 12.5. The molecule has 106 valence electrons. The quantitative estimate of drug-likeness (QED) is 0.791. The number of carbonyl (C=O) groups is 2. The summed E-state index contributed by atoms with van der Waals surface area (Å²) in [5, 5.41) is 3.10. The number of hydrogen-bond donors (Lipinski definition) is 1. The van der Waals surface area contributed by atoms with Crippen LogP contribution in [0.25, 0.3) is 0 Å². The molecule has 1 heterocycles. The van der Waals surface area contributed by atoms with E-state index in [0.29, 0.717) is 6.04 Å². The first-order valence-electron chi connectivity index (χ1n) is 7.69. The number of nitrogens with one attached hydrogen (secondary N) is 1. The van der Waals surface area contributed by atoms with Gasteiger partial charge >= 0.3 is 0 Å². The second kappa shape index (κ2) is 4.50. The summed E-state index contributed by atoms with van der Waals surface area (Å²) in [5.41, 5.74) is -0.360. The molecule has 0 aromatic carbocycles. The van der Waals surface area contributed by atoms with E-state index in [1.54, 1.807) is 0 Å². The lowest BCUT2D eigenvalue weighted by atomic mass is 9.61. The van der Waals surface area contributed by atoms with E-state index in [-0.39, 0.29) is 29.3 Å². The van der Waals surface area contributed by atoms with Crippen LogP contribution in [-0.2, 0) is 9.59 Å². The predicted octanol–water partition coefficient (Wildman–Crippen LogP) is 1.83. The number of likely N-dealkylation sites (tertiary alicyclic amines) is 1. The van der Waals surface area contributed by atoms with E-state index in [1.807, 2.05) is 18.7 Å². The Morgan fingerprint density at radius 2 is 1.89 bits per heavy atom. The fraction of sp³-hybridized carbons (Fsp3) is 0.867. The van der Waals surface area contributed by atoms with Crippen LogP contribution in [0.4, 0.5) is 0 Å². The number of carbonyl (C=O) groups excluding carboxylic acids is 2. The Kier molecular flexibility index (Phi) is 3.06. The highest BCUT2D eigenvalue weighted by atomic mass is 16.2. The number of nitrogens with zero attached hydrogens (tertiary/aromatic N) is 1. The third kappa shape index (κ3) is 1.96. The lowest BCUT2D eigenvalue weighted by Gasteiger charge is -2.58. The van der Waals surface area contributed by atoms with Gasteiger partial charge in [0.25, 0.3) is 0 Å². The molecule has 0 aromatic heterocycles. The normalized spacial score (nSPS) is 29.5. The average Bonchev–Trinajstić information content (AvgIpc) is 3.19. The molecule has 1 N–H and O–H groups in total. The number of rotatable bonds is 3. The van der Waals surface area contributed by atoms with Crippen LogP contribution in [0.2, 0.25) is 0 Å². The summed E-state index contributed by atoms with van der Waals surface area (Å²) < 4.78 is 0. The molecule has 2 aliphatic carbocycles. The Balaban J connectivity index is 1.81. The Bertz CT molecular complexity index is 395. The van der Waals surface area contributed by atoms with Gasteiger partial charge in [-0.15, -0.1) is 0 Å². The zero-order valence-corrected chi connectivity index (χ0v) is 11.9. The van der Waals surface area contributed by atoms with Gasteiger partial charge in [-0.25, -0.2) is 0 Å². The van der Waals surface area contributed by atoms with Gasteiger partial charge < -0.3 is 10.2 Å². The van der Waals surface area contributed by atoms with Gasteiger partial charge in [0.05, 0.1) is 5.41 Å². The van der Waals surface area contributed by atoms with E-state index in [4.69, 9.17) is 0 Å². The zero-order valence-electron chi connectivity index (χ0n) is 11.9. The number of amides is 2. The number of hydrogen-bond acceptors (Lipinski definition) is 2. The van der Waals surface area contributed by atoms with Gasteiger partial charge in [-0.1, -0.05) is 19.3 Å². The Hall–Kier alpha value is -1.06. The smallest absolute Gasteiger partial charge is 0.244 e. The molecule has 4 heteroatoms. The van der Waals surface area contributed by atoms with Crippen molar-refractivity contribution >= 4 is 11.8 Å². The van der Waals surface area contributed by atoms with Crippen LogP contribution in [-0.4, -0.2) is 34.8 Å². The molecule has 3 rings (SSSR count). The molecule has 4 nitrogen and oxygen atoms in total. The molecule has 3 aliphatic rings. The highest BCUT2D eigenvalue weighted by Crippen LogP contribution is 2.51. The van der Waals surface area contributed by atoms with Crippen molar-refractivity contribution in [2.75, 3.05) is 0 Å². The van der Waals surface area contributed by atoms with Crippen LogP contribution in [0.3, 0.4) is 0 Å². The van der Waals surface area contributed by atoms with Crippen LogP contribution in [0, 0.1) is 5.41 Å². The minimum absolute atomic E-state index is 0.0951. The van der Waals surface area contributed by atoms with Crippen molar-refractivity contribution in [3.63, 3.8) is 0 Å². The van der Waals surface area contributed by atoms with Crippen molar-refractivity contribution in [2.45, 2.75) is 76.9 Å². The maximum atomic E-state index is 12.5. The van der Waals surface area contributed by atoms with Crippen LogP contribution in [0.1, 0.15) is 58.8 Å². The van der Waals surface area contributed by atoms with E-state index in [0.717, 1.165) is 38.5 Å². The molecule has 0 aromatic rings. The van der Waals surface area contributed by atoms with E-state index in [2.05, 4.69) is 5.32 Å². The molecule has 0 bridgehead atoms. The second-order valence-corrected chi connectivity index (χ2v) is 6.71. The van der Waals surface area contributed by atoms with Crippen molar-refractivity contribution in [3.8, 4) is 0 Å². The monoisotopic (exact) mass is 264 g/mol. The highest BCUT2D eigenvalue weighted by molar-refractivity contribution is 6.02. The van der Waals surface area contributed by atoms with Gasteiger partial charge in [-0.2, -0.15) is 0 Å². The highest BCUT2D eigenvalue weighted by Gasteiger charge is 2.63. The minimum Gasteiger partial charge on any atom is -0.352 e. The van der Waals surface area contributed by atoms with Gasteiger partial charge in [-0.05, 0) is 39.5 Å². The molecule has 1 unspecified atom stereocenters. The molecule has 2 saturated carbocycles. The molecule has 1 spiro atoms. The number of β-lactam (4-membered cyclic amide) rings is 1. The summed E-state index contributed by atoms with van der Waals surface area (Å²) in [7, 11) is 0. The molecular formula is C15H24N2O2. The third-order valence-electron chi connectivity index (χ3n) is 4.94. The molecule has 0 radical (unpaired) electrons. The van der Waals surface area contributed by atoms with Gasteiger partial charge in [0.15, 0.2) is 0 Å². The molecule has 3 fully saturated rings. The SMILES string of the molecule is CC(C)N1C(=O)C2(CCCCC2)C1C(=O)NC1CC1. The largest absolute Gasteiger partial charge is 0.352 e. The Morgan fingerprint density at radius 3 is 2.42 bits per heavy atom. The lowest BCUT2D eigenvalue weighted by molar-refractivity contribution is -0.186. The van der Waals surface area contributed by atoms with Crippen molar-refractivity contribution in [1.82, 2.24) is 10.2 Å². The minimum atomic E-state index is -0.360. The van der Waals surface area contributed by atoms with E-state index < -0.39 is 0 Å². The van der Waals surface area contributed by atoms with Crippen LogP contribution in [0.5, 0.6) is 0 Å². The summed E-state index contributed by atoms with van der Waals surface area (Å²) in [6, 6.07) is 0.286. The molecule has 19 heavy (non-hydrogen) atoms. The average molecular weight is 264 g/mol. The van der Waals surface area contributed by atoms with Gasteiger partial charge in [-0.3, -0.25) is 9.59 Å². The van der Waals surface area contributed by atoms with E-state index in [1.165, 1.54) is 6.42 Å². The second-order valence-electron chi connectivity index (χ2n) is 6.71. The van der Waals surface area contributed by atoms with Crippen molar-refractivity contribution in [1.29, 1.82) is 0 Å². The molecule has 1 aliphatic heterocycles. The zero-order chi connectivity index (χ0) is 13.6. The fourth-order valence-electron chi connectivity index (χ4n) is 3.78. The maximum Gasteiger partial charge on any atom is 0.244 e. The molecule has 2 amide bonds. The van der Waals surface area contributed by atoms with Crippen LogP contribution in [0.15, 0.2) is 0 Å². The first kappa shape index (κ1) is 12.9. The van der Waals surface area contributed by atoms with Crippen molar-refractivity contribution in [2.24, 2.45) is 5.41 Å². The van der Waals surface area contributed by atoms with Crippen molar-refractivity contribution < 1.29 is 9.59 Å². The molecular weight excluding hydrogens is 240 g/mol. The van der Waals surface area contributed by atoms with Gasteiger partial charge in [0.2, 0.25) is 11.8 Å². The Labute approximate surface area is 114 Å². The molecule has 1 atom stereocenters. The third-order valence-corrected chi connectivity index (χ3v) is 4.94. The first-order chi connectivity index (χ1) is 9.06. The lowest BCUT2D eigenvalue weighted by Crippen LogP contribution is -2.75. The first-order valence-corrected chi connectivity index (χ1v) is 7.69. The Morgan fingerprint density at radius 1 is 1.26 bits per heavy atom. The topological polar surface area (TPSA) is 49.4 Å². The summed E-state index contributed by atoms with van der Waals surface area (Å²) in [4.78, 5) is 26.9. The molecule has 1 saturated heterocycles. The van der Waals surface area contributed by atoms with Crippen molar-refractivity contribution in [3.05, 3.63) is 0 Å². The van der Waals surface area contributed by atoms with Gasteiger partial charge in [0.1, 0.15) is 6.04 Å². The summed E-state index contributed by atoms with van der Waals surface area (Å²) in [6.07, 6.45) is 7.38. The van der Waals surface area contributed by atoms with Crippen LogP contribution < -0.4 is 5.32 Å². The standard InChI is InChI=1S/C15H24N2O2/c1-10(2)17-12(13(18)16-11-6-7-11)15(14(17)19)8-4-3-5-9-15/h10-12H,3-9H2,1-2H3,(H,16,18).